The Kier molecular flexibility index (Phi) is 8.35. The topological polar surface area (TPSA) is 95.6 Å². The number of anilines is 1. The number of amides is 1. The third-order valence-corrected chi connectivity index (χ3v) is 6.57. The van der Waals surface area contributed by atoms with E-state index in [4.69, 9.17) is 5.26 Å². The van der Waals surface area contributed by atoms with Crippen LogP contribution in [0.1, 0.15) is 61.9 Å². The van der Waals surface area contributed by atoms with Crippen molar-refractivity contribution in [1.82, 2.24) is 19.9 Å². The lowest BCUT2D eigenvalue weighted by Gasteiger charge is -2.20. The Labute approximate surface area is 224 Å². The molecule has 2 aromatic heterocycles. The maximum Gasteiger partial charge on any atom is 0.234 e. The number of aromatic nitrogens is 3. The highest BCUT2D eigenvalue weighted by atomic mass is 16.2. The molecular formula is C31H34N6O. The molecule has 2 N–H and O–H groups in total. The van der Waals surface area contributed by atoms with E-state index in [9.17, 15) is 4.79 Å². The average molecular weight is 507 g/mol. The summed E-state index contributed by atoms with van der Waals surface area (Å²) in [6.07, 6.45) is 5.52. The predicted molar refractivity (Wildman–Crippen MR) is 150 cm³/mol. The van der Waals surface area contributed by atoms with E-state index < -0.39 is 0 Å². The van der Waals surface area contributed by atoms with Gasteiger partial charge in [0, 0.05) is 24.7 Å². The lowest BCUT2D eigenvalue weighted by atomic mass is 9.93. The van der Waals surface area contributed by atoms with Crippen LogP contribution in [0.3, 0.4) is 0 Å². The van der Waals surface area contributed by atoms with Crippen molar-refractivity contribution in [2.24, 2.45) is 0 Å². The van der Waals surface area contributed by atoms with Crippen molar-refractivity contribution in [1.29, 1.82) is 5.26 Å². The molecule has 0 spiro atoms. The predicted octanol–water partition coefficient (Wildman–Crippen LogP) is 5.55. The maximum atomic E-state index is 13.4. The van der Waals surface area contributed by atoms with Gasteiger partial charge in [0.2, 0.25) is 5.91 Å². The number of hydrogen-bond donors (Lipinski definition) is 2. The number of carbonyl (C=O) groups is 1. The lowest BCUT2D eigenvalue weighted by molar-refractivity contribution is -0.117. The van der Waals surface area contributed by atoms with E-state index in [-0.39, 0.29) is 23.2 Å². The highest BCUT2D eigenvalue weighted by Crippen LogP contribution is 2.22. The monoisotopic (exact) mass is 506 g/mol. The molecule has 7 heteroatoms. The molecule has 4 rings (SSSR count). The van der Waals surface area contributed by atoms with Crippen LogP contribution in [0.5, 0.6) is 0 Å². The molecular weight excluding hydrogens is 472 g/mol. The highest BCUT2D eigenvalue weighted by Gasteiger charge is 2.22. The molecule has 7 nitrogen and oxygen atoms in total. The molecule has 0 aliphatic rings. The van der Waals surface area contributed by atoms with E-state index in [0.717, 1.165) is 22.5 Å². The first-order valence-corrected chi connectivity index (χ1v) is 12.8. The minimum absolute atomic E-state index is 0.0348. The normalized spacial score (nSPS) is 12.9. The second kappa shape index (κ2) is 11.8. The zero-order valence-electron chi connectivity index (χ0n) is 22.3. The molecule has 0 bridgehead atoms. The number of nitriles is 1. The van der Waals surface area contributed by atoms with Gasteiger partial charge in [-0.3, -0.25) is 4.79 Å². The molecule has 2 heterocycles. The Morgan fingerprint density at radius 2 is 1.71 bits per heavy atom. The Hall–Kier alpha value is -4.28. The lowest BCUT2D eigenvalue weighted by Crippen LogP contribution is -2.32. The summed E-state index contributed by atoms with van der Waals surface area (Å²) in [5.41, 5.74) is 4.58. The molecule has 2 aromatic carbocycles. The molecule has 0 saturated heterocycles. The Morgan fingerprint density at radius 1 is 0.974 bits per heavy atom. The fourth-order valence-corrected chi connectivity index (χ4v) is 4.17. The highest BCUT2D eigenvalue weighted by molar-refractivity contribution is 5.95. The minimum atomic E-state index is -0.381. The fraction of sp³-hybridized carbons (Fsp3) is 0.290. The SMILES string of the molecule is C[C@@H](CNCC(C(=O)Nc1ccc(-n2cnc(C(C)(C)C)c2)cn1)c1ccccc1)c1ccc(C#N)cc1. The van der Waals surface area contributed by atoms with Crippen LogP contribution < -0.4 is 10.6 Å². The number of imidazole rings is 1. The van der Waals surface area contributed by atoms with E-state index in [1.165, 1.54) is 0 Å². The number of benzene rings is 2. The first-order chi connectivity index (χ1) is 18.2. The van der Waals surface area contributed by atoms with Crippen molar-refractivity contribution in [3.8, 4) is 11.8 Å². The van der Waals surface area contributed by atoms with Crippen LogP contribution in [0.2, 0.25) is 0 Å². The third kappa shape index (κ3) is 6.72. The van der Waals surface area contributed by atoms with Crippen molar-refractivity contribution in [3.63, 3.8) is 0 Å². The van der Waals surface area contributed by atoms with Gasteiger partial charge in [-0.15, -0.1) is 0 Å². The van der Waals surface area contributed by atoms with Crippen LogP contribution in [0, 0.1) is 11.3 Å². The summed E-state index contributed by atoms with van der Waals surface area (Å²) in [5.74, 6) is 0.238. The van der Waals surface area contributed by atoms with Crippen molar-refractivity contribution >= 4 is 11.7 Å². The molecule has 0 radical (unpaired) electrons. The minimum Gasteiger partial charge on any atom is -0.315 e. The second-order valence-corrected chi connectivity index (χ2v) is 10.6. The van der Waals surface area contributed by atoms with Crippen LogP contribution in [0.25, 0.3) is 5.69 Å². The quantitative estimate of drug-likeness (QED) is 0.310. The maximum absolute atomic E-state index is 13.4. The van der Waals surface area contributed by atoms with E-state index in [0.29, 0.717) is 24.5 Å². The van der Waals surface area contributed by atoms with Gasteiger partial charge in [0.25, 0.3) is 0 Å². The second-order valence-electron chi connectivity index (χ2n) is 10.6. The molecule has 1 unspecified atom stereocenters. The average Bonchev–Trinajstić information content (AvgIpc) is 3.43. The van der Waals surface area contributed by atoms with Gasteiger partial charge in [-0.2, -0.15) is 5.26 Å². The van der Waals surface area contributed by atoms with Gasteiger partial charge >= 0.3 is 0 Å². The molecule has 0 aliphatic heterocycles. The van der Waals surface area contributed by atoms with Gasteiger partial charge in [-0.25, -0.2) is 9.97 Å². The van der Waals surface area contributed by atoms with Gasteiger partial charge in [-0.05, 0) is 41.3 Å². The molecule has 1 amide bonds. The Morgan fingerprint density at radius 3 is 2.32 bits per heavy atom. The van der Waals surface area contributed by atoms with Crippen LogP contribution in [0.4, 0.5) is 5.82 Å². The number of hydrogen-bond acceptors (Lipinski definition) is 5. The molecule has 0 saturated carbocycles. The fourth-order valence-electron chi connectivity index (χ4n) is 4.17. The summed E-state index contributed by atoms with van der Waals surface area (Å²) in [6, 6.07) is 23.3. The molecule has 0 fully saturated rings. The first-order valence-electron chi connectivity index (χ1n) is 12.8. The zero-order valence-corrected chi connectivity index (χ0v) is 22.3. The van der Waals surface area contributed by atoms with Crippen molar-refractivity contribution in [2.75, 3.05) is 18.4 Å². The van der Waals surface area contributed by atoms with Crippen LogP contribution in [-0.2, 0) is 10.2 Å². The summed E-state index contributed by atoms with van der Waals surface area (Å²) in [5, 5.41) is 15.5. The number of pyridine rings is 1. The summed E-state index contributed by atoms with van der Waals surface area (Å²) in [7, 11) is 0. The van der Waals surface area contributed by atoms with Gasteiger partial charge in [0.05, 0.1) is 41.5 Å². The number of nitrogens with one attached hydrogen (secondary N) is 2. The summed E-state index contributed by atoms with van der Waals surface area (Å²) >= 11 is 0. The van der Waals surface area contributed by atoms with Gasteiger partial charge in [0.1, 0.15) is 5.82 Å². The summed E-state index contributed by atoms with van der Waals surface area (Å²) < 4.78 is 1.94. The third-order valence-electron chi connectivity index (χ3n) is 6.57. The van der Waals surface area contributed by atoms with E-state index in [1.807, 2.05) is 77.5 Å². The van der Waals surface area contributed by atoms with Crippen molar-refractivity contribution in [2.45, 2.75) is 44.9 Å². The van der Waals surface area contributed by atoms with Crippen LogP contribution >= 0.6 is 0 Å². The van der Waals surface area contributed by atoms with E-state index in [2.05, 4.69) is 54.4 Å². The molecule has 38 heavy (non-hydrogen) atoms. The zero-order chi connectivity index (χ0) is 27.1. The van der Waals surface area contributed by atoms with Crippen LogP contribution in [0.15, 0.2) is 85.5 Å². The molecule has 0 aliphatic carbocycles. The molecule has 194 valence electrons. The van der Waals surface area contributed by atoms with E-state index in [1.54, 1.807) is 12.5 Å². The number of carbonyl (C=O) groups excluding carboxylic acids is 1. The molecule has 4 aromatic rings. The number of nitrogens with zero attached hydrogens (tertiary/aromatic N) is 4. The Bertz CT molecular complexity index is 1380. The molecule has 2 atom stereocenters. The number of rotatable bonds is 9. The van der Waals surface area contributed by atoms with E-state index >= 15 is 0 Å². The largest absolute Gasteiger partial charge is 0.315 e. The van der Waals surface area contributed by atoms with Gasteiger partial charge < -0.3 is 15.2 Å². The van der Waals surface area contributed by atoms with Crippen molar-refractivity contribution < 1.29 is 4.79 Å². The smallest absolute Gasteiger partial charge is 0.234 e. The first kappa shape index (κ1) is 26.8. The van der Waals surface area contributed by atoms with Gasteiger partial charge in [0.15, 0.2) is 0 Å². The standard InChI is InChI=1S/C31H34N6O/c1-22(24-12-10-23(16-32)11-13-24)17-33-19-27(25-8-6-5-7-9-25)30(38)36-29-15-14-26(18-34-29)37-20-28(35-21-37)31(2,3)4/h5-15,18,20-22,27,33H,17,19H2,1-4H3,(H,34,36,38)/t22-,27?/m0/s1. The van der Waals surface area contributed by atoms with Gasteiger partial charge in [-0.1, -0.05) is 70.2 Å². The van der Waals surface area contributed by atoms with Crippen molar-refractivity contribution in [3.05, 3.63) is 108 Å². The Balaban J connectivity index is 1.41. The summed E-state index contributed by atoms with van der Waals surface area (Å²) in [6.45, 7) is 9.70. The van der Waals surface area contributed by atoms with Crippen LogP contribution in [-0.4, -0.2) is 33.5 Å². The summed E-state index contributed by atoms with van der Waals surface area (Å²) in [4.78, 5) is 22.3.